The van der Waals surface area contributed by atoms with Gasteiger partial charge in [0.05, 0.1) is 0 Å². The number of aromatic nitrogens is 2. The minimum atomic E-state index is 0.192. The summed E-state index contributed by atoms with van der Waals surface area (Å²) in [5.41, 5.74) is 1.55. The van der Waals surface area contributed by atoms with E-state index < -0.39 is 0 Å². The fourth-order valence-electron chi connectivity index (χ4n) is 2.73. The maximum absolute atomic E-state index is 5.11. The fraction of sp³-hybridized carbons (Fsp3) is 0.471. The Hall–Kier alpha value is -1.89. The Morgan fingerprint density at radius 1 is 1.33 bits per heavy atom. The zero-order valence-corrected chi connectivity index (χ0v) is 15.6. The lowest BCUT2D eigenvalue weighted by Gasteiger charge is -2.20. The second kappa shape index (κ2) is 7.34. The lowest BCUT2D eigenvalue weighted by Crippen LogP contribution is -2.41. The summed E-state index contributed by atoms with van der Waals surface area (Å²) in [5.74, 6) is 1.92. The molecular formula is C17H22BrN5O. The number of nitrogens with one attached hydrogen (secondary N) is 2. The Morgan fingerprint density at radius 3 is 2.75 bits per heavy atom. The van der Waals surface area contributed by atoms with Crippen molar-refractivity contribution in [3.8, 4) is 0 Å². The highest BCUT2D eigenvalue weighted by molar-refractivity contribution is 9.10. The van der Waals surface area contributed by atoms with Crippen molar-refractivity contribution < 1.29 is 4.52 Å². The van der Waals surface area contributed by atoms with Crippen LogP contribution in [0.25, 0.3) is 0 Å². The van der Waals surface area contributed by atoms with Gasteiger partial charge in [-0.25, -0.2) is 4.99 Å². The average Bonchev–Trinajstić information content (AvgIpc) is 3.25. The molecule has 1 aromatic carbocycles. The van der Waals surface area contributed by atoms with Crippen LogP contribution in [0.5, 0.6) is 0 Å². The highest BCUT2D eigenvalue weighted by Crippen LogP contribution is 2.49. The van der Waals surface area contributed by atoms with Gasteiger partial charge in [-0.1, -0.05) is 39.3 Å². The first kappa shape index (κ1) is 17.0. The van der Waals surface area contributed by atoms with Crippen LogP contribution < -0.4 is 10.6 Å². The van der Waals surface area contributed by atoms with Crippen molar-refractivity contribution >= 4 is 21.9 Å². The zero-order valence-electron chi connectivity index (χ0n) is 14.0. The Morgan fingerprint density at radius 2 is 2.12 bits per heavy atom. The zero-order chi connectivity index (χ0) is 17.0. The Balaban J connectivity index is 1.65. The van der Waals surface area contributed by atoms with Crippen molar-refractivity contribution in [2.24, 2.45) is 4.99 Å². The van der Waals surface area contributed by atoms with E-state index in [-0.39, 0.29) is 5.41 Å². The molecular weight excluding hydrogens is 370 g/mol. The lowest BCUT2D eigenvalue weighted by molar-refractivity contribution is 0.376. The van der Waals surface area contributed by atoms with Crippen molar-refractivity contribution in [3.63, 3.8) is 0 Å². The summed E-state index contributed by atoms with van der Waals surface area (Å²) < 4.78 is 6.28. The van der Waals surface area contributed by atoms with Crippen LogP contribution in [0.2, 0.25) is 0 Å². The molecule has 128 valence electrons. The van der Waals surface area contributed by atoms with Gasteiger partial charge in [0.2, 0.25) is 5.89 Å². The highest BCUT2D eigenvalue weighted by Gasteiger charge is 2.45. The maximum Gasteiger partial charge on any atom is 0.248 e. The molecule has 0 saturated heterocycles. The van der Waals surface area contributed by atoms with E-state index in [1.165, 1.54) is 22.9 Å². The molecule has 1 fully saturated rings. The van der Waals surface area contributed by atoms with Gasteiger partial charge in [-0.2, -0.15) is 4.98 Å². The van der Waals surface area contributed by atoms with Gasteiger partial charge in [-0.05, 0) is 38.3 Å². The summed E-state index contributed by atoms with van der Waals surface area (Å²) in [7, 11) is 0. The number of nitrogens with zero attached hydrogens (tertiary/aromatic N) is 3. The second-order valence-corrected chi connectivity index (χ2v) is 6.90. The van der Waals surface area contributed by atoms with E-state index in [1.54, 1.807) is 6.92 Å². The Kier molecular flexibility index (Phi) is 5.18. The average molecular weight is 392 g/mol. The third-order valence-electron chi connectivity index (χ3n) is 4.18. The van der Waals surface area contributed by atoms with Gasteiger partial charge >= 0.3 is 0 Å². The summed E-state index contributed by atoms with van der Waals surface area (Å²) in [4.78, 5) is 8.71. The second-order valence-electron chi connectivity index (χ2n) is 6.04. The third kappa shape index (κ3) is 3.95. The summed E-state index contributed by atoms with van der Waals surface area (Å²) in [5, 5.41) is 10.5. The number of hydrogen-bond donors (Lipinski definition) is 2. The van der Waals surface area contributed by atoms with Crippen molar-refractivity contribution in [1.82, 2.24) is 20.8 Å². The van der Waals surface area contributed by atoms with Gasteiger partial charge in [0.15, 0.2) is 11.8 Å². The van der Waals surface area contributed by atoms with Crippen LogP contribution in [-0.4, -0.2) is 29.2 Å². The van der Waals surface area contributed by atoms with E-state index in [0.717, 1.165) is 19.0 Å². The Labute approximate surface area is 150 Å². The van der Waals surface area contributed by atoms with Crippen LogP contribution in [0.4, 0.5) is 0 Å². The van der Waals surface area contributed by atoms with Gasteiger partial charge < -0.3 is 15.2 Å². The van der Waals surface area contributed by atoms with E-state index in [4.69, 9.17) is 4.52 Å². The van der Waals surface area contributed by atoms with E-state index in [0.29, 0.717) is 18.3 Å². The topological polar surface area (TPSA) is 75.3 Å². The number of aryl methyl sites for hydroxylation is 1. The fourth-order valence-corrected chi connectivity index (χ4v) is 3.43. The molecule has 0 amide bonds. The molecule has 1 aromatic heterocycles. The molecule has 0 aliphatic heterocycles. The van der Waals surface area contributed by atoms with Crippen LogP contribution >= 0.6 is 15.9 Å². The highest BCUT2D eigenvalue weighted by atomic mass is 79.9. The molecule has 0 radical (unpaired) electrons. The monoisotopic (exact) mass is 391 g/mol. The number of aliphatic imine (C=N–C) groups is 1. The van der Waals surface area contributed by atoms with Gasteiger partial charge in [0.1, 0.15) is 6.54 Å². The number of guanidine groups is 1. The van der Waals surface area contributed by atoms with Crippen molar-refractivity contribution in [3.05, 3.63) is 46.0 Å². The van der Waals surface area contributed by atoms with Crippen LogP contribution in [0.3, 0.4) is 0 Å². The largest absolute Gasteiger partial charge is 0.357 e. The summed E-state index contributed by atoms with van der Waals surface area (Å²) in [6.45, 7) is 5.88. The predicted octanol–water partition coefficient (Wildman–Crippen LogP) is 2.93. The van der Waals surface area contributed by atoms with E-state index in [2.05, 4.69) is 72.9 Å². The normalized spacial score (nSPS) is 16.0. The summed E-state index contributed by atoms with van der Waals surface area (Å²) in [6, 6.07) is 8.45. The summed E-state index contributed by atoms with van der Waals surface area (Å²) in [6.07, 6.45) is 2.37. The van der Waals surface area contributed by atoms with Crippen molar-refractivity contribution in [2.75, 3.05) is 13.1 Å². The number of benzene rings is 1. The first-order chi connectivity index (χ1) is 11.6. The van der Waals surface area contributed by atoms with Crippen LogP contribution in [-0.2, 0) is 12.0 Å². The van der Waals surface area contributed by atoms with Gasteiger partial charge in [-0.3, -0.25) is 0 Å². The molecule has 2 N–H and O–H groups in total. The number of halogens is 1. The standard InChI is InChI=1S/C17H22BrN5O/c1-3-19-16(20-10-15-22-12(2)23-24-15)21-11-17(8-9-17)13-6-4-5-7-14(13)18/h4-7H,3,8-11H2,1-2H3,(H2,19,20,21). The van der Waals surface area contributed by atoms with E-state index in [9.17, 15) is 0 Å². The van der Waals surface area contributed by atoms with Gasteiger partial charge in [0, 0.05) is 23.0 Å². The van der Waals surface area contributed by atoms with E-state index >= 15 is 0 Å². The molecule has 1 heterocycles. The quantitative estimate of drug-likeness (QED) is 0.584. The predicted molar refractivity (Wildman–Crippen MR) is 96.9 cm³/mol. The van der Waals surface area contributed by atoms with Crippen LogP contribution in [0.15, 0.2) is 38.3 Å². The molecule has 3 rings (SSSR count). The number of rotatable bonds is 6. The van der Waals surface area contributed by atoms with Crippen molar-refractivity contribution in [1.29, 1.82) is 0 Å². The smallest absolute Gasteiger partial charge is 0.248 e. The summed E-state index contributed by atoms with van der Waals surface area (Å²) >= 11 is 3.67. The maximum atomic E-state index is 5.11. The molecule has 7 heteroatoms. The molecule has 1 aliphatic rings. The first-order valence-corrected chi connectivity index (χ1v) is 8.99. The molecule has 0 spiro atoms. The molecule has 1 saturated carbocycles. The Bertz CT molecular complexity index is 723. The van der Waals surface area contributed by atoms with Gasteiger partial charge in [-0.15, -0.1) is 0 Å². The van der Waals surface area contributed by atoms with Gasteiger partial charge in [0.25, 0.3) is 0 Å². The molecule has 6 nitrogen and oxygen atoms in total. The molecule has 0 bridgehead atoms. The SMILES string of the molecule is CCNC(=NCc1nc(C)no1)NCC1(c2ccccc2Br)CC1. The molecule has 0 atom stereocenters. The van der Waals surface area contributed by atoms with Crippen LogP contribution in [0, 0.1) is 6.92 Å². The molecule has 2 aromatic rings. The number of hydrogen-bond acceptors (Lipinski definition) is 4. The first-order valence-electron chi connectivity index (χ1n) is 8.19. The van der Waals surface area contributed by atoms with E-state index in [1.807, 2.05) is 0 Å². The minimum absolute atomic E-state index is 0.192. The minimum Gasteiger partial charge on any atom is -0.357 e. The third-order valence-corrected chi connectivity index (χ3v) is 4.87. The lowest BCUT2D eigenvalue weighted by atomic mass is 9.96. The van der Waals surface area contributed by atoms with Crippen molar-refractivity contribution in [2.45, 2.75) is 38.6 Å². The molecule has 1 aliphatic carbocycles. The van der Waals surface area contributed by atoms with Crippen LogP contribution in [0.1, 0.15) is 37.0 Å². The molecule has 24 heavy (non-hydrogen) atoms. The molecule has 0 unspecified atom stereocenters.